The van der Waals surface area contributed by atoms with Gasteiger partial charge in [-0.25, -0.2) is 9.97 Å². The summed E-state index contributed by atoms with van der Waals surface area (Å²) >= 11 is 0. The van der Waals surface area contributed by atoms with E-state index in [4.69, 9.17) is 9.47 Å². The zero-order chi connectivity index (χ0) is 21.2. The molecular formula is C23H25N5O3. The molecule has 5 rings (SSSR count). The van der Waals surface area contributed by atoms with Crippen molar-refractivity contribution in [2.75, 3.05) is 44.9 Å². The van der Waals surface area contributed by atoms with E-state index in [9.17, 15) is 4.79 Å². The van der Waals surface area contributed by atoms with Gasteiger partial charge >= 0.3 is 0 Å². The van der Waals surface area contributed by atoms with Crippen LogP contribution in [0.2, 0.25) is 0 Å². The molecule has 1 saturated heterocycles. The average Bonchev–Trinajstić information content (AvgIpc) is 3.33. The SMILES string of the molecule is COc1ccc([C@@H]2c3nc[nH]c3CCN2C(=O)c2ccnc(N3CCOCC3)c2)cc1. The number of hydrogen-bond acceptors (Lipinski definition) is 6. The van der Waals surface area contributed by atoms with E-state index in [0.29, 0.717) is 25.3 Å². The number of fused-ring (bicyclic) bond motifs is 1. The molecule has 0 radical (unpaired) electrons. The monoisotopic (exact) mass is 419 g/mol. The second-order valence-electron chi connectivity index (χ2n) is 7.69. The molecule has 1 atom stereocenters. The summed E-state index contributed by atoms with van der Waals surface area (Å²) < 4.78 is 10.7. The molecule has 2 aliphatic rings. The summed E-state index contributed by atoms with van der Waals surface area (Å²) in [5.41, 5.74) is 3.61. The molecule has 0 saturated carbocycles. The van der Waals surface area contributed by atoms with E-state index in [1.54, 1.807) is 25.7 Å². The van der Waals surface area contributed by atoms with Gasteiger partial charge in [0.1, 0.15) is 17.6 Å². The van der Waals surface area contributed by atoms with Crippen LogP contribution in [0.3, 0.4) is 0 Å². The maximum absolute atomic E-state index is 13.7. The number of carbonyl (C=O) groups is 1. The maximum atomic E-state index is 13.7. The molecule has 0 spiro atoms. The van der Waals surface area contributed by atoms with Crippen molar-refractivity contribution in [1.82, 2.24) is 19.9 Å². The smallest absolute Gasteiger partial charge is 0.254 e. The number of nitrogens with one attached hydrogen (secondary N) is 1. The van der Waals surface area contributed by atoms with Crippen LogP contribution in [-0.2, 0) is 11.2 Å². The van der Waals surface area contributed by atoms with E-state index in [-0.39, 0.29) is 11.9 Å². The Balaban J connectivity index is 1.48. The van der Waals surface area contributed by atoms with E-state index < -0.39 is 0 Å². The van der Waals surface area contributed by atoms with Crippen LogP contribution in [0.5, 0.6) is 5.75 Å². The Morgan fingerprint density at radius 2 is 1.94 bits per heavy atom. The lowest BCUT2D eigenvalue weighted by Crippen LogP contribution is -2.41. The molecule has 1 amide bonds. The molecule has 0 aliphatic carbocycles. The van der Waals surface area contributed by atoms with Gasteiger partial charge in [0.05, 0.1) is 32.3 Å². The molecule has 1 fully saturated rings. The first-order valence-electron chi connectivity index (χ1n) is 10.5. The number of H-pyrrole nitrogens is 1. The lowest BCUT2D eigenvalue weighted by molar-refractivity contribution is 0.0690. The Labute approximate surface area is 180 Å². The third-order valence-corrected chi connectivity index (χ3v) is 5.94. The Bertz CT molecular complexity index is 1060. The molecule has 0 bridgehead atoms. The first kappa shape index (κ1) is 19.6. The van der Waals surface area contributed by atoms with E-state index in [2.05, 4.69) is 19.9 Å². The number of benzene rings is 1. The molecule has 3 aromatic rings. The Morgan fingerprint density at radius 3 is 2.71 bits per heavy atom. The fraction of sp³-hybridized carbons (Fsp3) is 0.348. The number of imidazole rings is 1. The van der Waals surface area contributed by atoms with Crippen molar-refractivity contribution in [3.8, 4) is 5.75 Å². The molecule has 4 heterocycles. The average molecular weight is 419 g/mol. The minimum atomic E-state index is -0.256. The van der Waals surface area contributed by atoms with Gasteiger partial charge in [-0.15, -0.1) is 0 Å². The largest absolute Gasteiger partial charge is 0.497 e. The second kappa shape index (κ2) is 8.39. The third kappa shape index (κ3) is 3.74. The van der Waals surface area contributed by atoms with E-state index >= 15 is 0 Å². The molecule has 2 aromatic heterocycles. The van der Waals surface area contributed by atoms with Crippen molar-refractivity contribution in [3.05, 3.63) is 71.4 Å². The highest BCUT2D eigenvalue weighted by atomic mass is 16.5. The van der Waals surface area contributed by atoms with Crippen LogP contribution in [0.4, 0.5) is 5.82 Å². The Kier molecular flexibility index (Phi) is 5.30. The van der Waals surface area contributed by atoms with Crippen LogP contribution < -0.4 is 9.64 Å². The summed E-state index contributed by atoms with van der Waals surface area (Å²) in [4.78, 5) is 30.0. The van der Waals surface area contributed by atoms with E-state index in [1.807, 2.05) is 35.2 Å². The Morgan fingerprint density at radius 1 is 1.13 bits per heavy atom. The van der Waals surface area contributed by atoms with Gasteiger partial charge in [0.25, 0.3) is 5.91 Å². The summed E-state index contributed by atoms with van der Waals surface area (Å²) in [6.07, 6.45) is 4.16. The lowest BCUT2D eigenvalue weighted by Gasteiger charge is -2.35. The molecule has 0 unspecified atom stereocenters. The van der Waals surface area contributed by atoms with Crippen LogP contribution in [0, 0.1) is 0 Å². The van der Waals surface area contributed by atoms with Gasteiger partial charge in [0, 0.05) is 43.5 Å². The molecule has 1 aromatic carbocycles. The minimum absolute atomic E-state index is 0.0219. The number of aromatic nitrogens is 3. The fourth-order valence-corrected chi connectivity index (χ4v) is 4.30. The number of rotatable bonds is 4. The number of methoxy groups -OCH3 is 1. The van der Waals surface area contributed by atoms with E-state index in [1.165, 1.54) is 0 Å². The van der Waals surface area contributed by atoms with Crippen LogP contribution in [0.25, 0.3) is 0 Å². The molecule has 1 N–H and O–H groups in total. The number of ether oxygens (including phenoxy) is 2. The number of aromatic amines is 1. The predicted octanol–water partition coefficient (Wildman–Crippen LogP) is 2.44. The van der Waals surface area contributed by atoms with Crippen LogP contribution >= 0.6 is 0 Å². The topological polar surface area (TPSA) is 83.6 Å². The van der Waals surface area contributed by atoms with Crippen LogP contribution in [0.15, 0.2) is 48.9 Å². The first-order valence-corrected chi connectivity index (χ1v) is 10.5. The number of morpholine rings is 1. The van der Waals surface area contributed by atoms with Gasteiger partial charge in [0.2, 0.25) is 0 Å². The molecule has 2 aliphatic heterocycles. The summed E-state index contributed by atoms with van der Waals surface area (Å²) in [5.74, 6) is 1.57. The normalized spacial score (nSPS) is 18.5. The van der Waals surface area contributed by atoms with Gasteiger partial charge in [-0.05, 0) is 29.8 Å². The van der Waals surface area contributed by atoms with Crippen molar-refractivity contribution in [1.29, 1.82) is 0 Å². The Hall–Kier alpha value is -3.39. The van der Waals surface area contributed by atoms with E-state index in [0.717, 1.165) is 48.0 Å². The minimum Gasteiger partial charge on any atom is -0.497 e. The predicted molar refractivity (Wildman–Crippen MR) is 115 cm³/mol. The third-order valence-electron chi connectivity index (χ3n) is 5.94. The molecule has 8 nitrogen and oxygen atoms in total. The second-order valence-corrected chi connectivity index (χ2v) is 7.69. The first-order chi connectivity index (χ1) is 15.2. The van der Waals surface area contributed by atoms with Gasteiger partial charge in [0.15, 0.2) is 0 Å². The number of pyridine rings is 1. The van der Waals surface area contributed by atoms with Gasteiger partial charge in [-0.2, -0.15) is 0 Å². The van der Waals surface area contributed by atoms with Gasteiger partial charge in [-0.1, -0.05) is 12.1 Å². The molecule has 160 valence electrons. The van der Waals surface area contributed by atoms with Crippen molar-refractivity contribution >= 4 is 11.7 Å². The highest BCUT2D eigenvalue weighted by molar-refractivity contribution is 5.95. The van der Waals surface area contributed by atoms with Crippen molar-refractivity contribution in [3.63, 3.8) is 0 Å². The zero-order valence-electron chi connectivity index (χ0n) is 17.5. The summed E-state index contributed by atoms with van der Waals surface area (Å²) in [5, 5.41) is 0. The number of hydrogen-bond donors (Lipinski definition) is 1. The maximum Gasteiger partial charge on any atom is 0.254 e. The quantitative estimate of drug-likeness (QED) is 0.699. The zero-order valence-corrected chi connectivity index (χ0v) is 17.5. The molecular weight excluding hydrogens is 394 g/mol. The summed E-state index contributed by atoms with van der Waals surface area (Å²) in [6, 6.07) is 11.3. The number of anilines is 1. The van der Waals surface area contributed by atoms with Crippen LogP contribution in [-0.4, -0.2) is 65.7 Å². The van der Waals surface area contributed by atoms with Crippen molar-refractivity contribution in [2.45, 2.75) is 12.5 Å². The number of amides is 1. The van der Waals surface area contributed by atoms with Crippen molar-refractivity contribution < 1.29 is 14.3 Å². The van der Waals surface area contributed by atoms with Crippen LogP contribution in [0.1, 0.15) is 33.4 Å². The van der Waals surface area contributed by atoms with Crippen molar-refractivity contribution in [2.24, 2.45) is 0 Å². The molecule has 8 heteroatoms. The molecule has 31 heavy (non-hydrogen) atoms. The number of nitrogens with zero attached hydrogens (tertiary/aromatic N) is 4. The highest BCUT2D eigenvalue weighted by Gasteiger charge is 2.34. The van der Waals surface area contributed by atoms with Gasteiger partial charge in [-0.3, -0.25) is 4.79 Å². The highest BCUT2D eigenvalue weighted by Crippen LogP contribution is 2.35. The fourth-order valence-electron chi connectivity index (χ4n) is 4.30. The summed E-state index contributed by atoms with van der Waals surface area (Å²) in [6.45, 7) is 3.51. The standard InChI is InChI=1S/C23H25N5O3/c1-30-18-4-2-16(3-5-18)22-21-19(25-15-26-21)7-9-28(22)23(29)17-6-8-24-20(14-17)27-10-12-31-13-11-27/h2-6,8,14-15,22H,7,9-13H2,1H3,(H,25,26)/t22-/m1/s1. The summed E-state index contributed by atoms with van der Waals surface area (Å²) in [7, 11) is 1.65. The number of carbonyl (C=O) groups excluding carboxylic acids is 1. The lowest BCUT2D eigenvalue weighted by atomic mass is 9.94. The van der Waals surface area contributed by atoms with Gasteiger partial charge < -0.3 is 24.3 Å².